The molecular formula is C25H25NO3. The summed E-state index contributed by atoms with van der Waals surface area (Å²) in [6, 6.07) is 26.8. The van der Waals surface area contributed by atoms with Gasteiger partial charge in [-0.05, 0) is 49.2 Å². The molecule has 3 aromatic carbocycles. The molecule has 4 nitrogen and oxygen atoms in total. The monoisotopic (exact) mass is 387 g/mol. The normalized spacial score (nSPS) is 10.8. The van der Waals surface area contributed by atoms with Gasteiger partial charge in [0.2, 0.25) is 5.91 Å². The van der Waals surface area contributed by atoms with E-state index >= 15 is 0 Å². The second-order valence-corrected chi connectivity index (χ2v) is 7.16. The van der Waals surface area contributed by atoms with Crippen molar-refractivity contribution in [3.05, 3.63) is 102 Å². The minimum absolute atomic E-state index is 0.0299. The molecule has 3 aromatic rings. The zero-order chi connectivity index (χ0) is 20.6. The van der Waals surface area contributed by atoms with Crippen molar-refractivity contribution in [2.24, 2.45) is 0 Å². The number of rotatable bonds is 7. The van der Waals surface area contributed by atoms with Gasteiger partial charge in [0, 0.05) is 18.0 Å². The van der Waals surface area contributed by atoms with Crippen LogP contribution in [0.1, 0.15) is 47.7 Å². The fourth-order valence-corrected chi connectivity index (χ4v) is 3.17. The van der Waals surface area contributed by atoms with E-state index in [1.54, 1.807) is 24.3 Å². The van der Waals surface area contributed by atoms with Gasteiger partial charge in [-0.1, -0.05) is 60.7 Å². The summed E-state index contributed by atoms with van der Waals surface area (Å²) in [6.07, 6.45) is 0.153. The Morgan fingerprint density at radius 2 is 1.31 bits per heavy atom. The van der Waals surface area contributed by atoms with E-state index in [2.05, 4.69) is 5.32 Å². The lowest BCUT2D eigenvalue weighted by molar-refractivity contribution is -0.116. The summed E-state index contributed by atoms with van der Waals surface area (Å²) in [4.78, 5) is 24.7. The summed E-state index contributed by atoms with van der Waals surface area (Å²) in [5, 5.41) is 2.93. The van der Waals surface area contributed by atoms with E-state index in [0.717, 1.165) is 11.1 Å². The van der Waals surface area contributed by atoms with Crippen molar-refractivity contribution in [2.45, 2.75) is 32.3 Å². The van der Waals surface area contributed by atoms with Crippen LogP contribution in [-0.4, -0.2) is 18.0 Å². The van der Waals surface area contributed by atoms with E-state index in [1.165, 1.54) is 0 Å². The molecule has 0 fully saturated rings. The quantitative estimate of drug-likeness (QED) is 0.551. The van der Waals surface area contributed by atoms with Crippen LogP contribution < -0.4 is 5.32 Å². The first-order valence-electron chi connectivity index (χ1n) is 9.73. The van der Waals surface area contributed by atoms with Gasteiger partial charge in [-0.3, -0.25) is 4.79 Å². The largest absolute Gasteiger partial charge is 0.459 e. The predicted octanol–water partition coefficient (Wildman–Crippen LogP) is 5.41. The number of nitrogens with one attached hydrogen (secondary N) is 1. The highest BCUT2D eigenvalue weighted by Crippen LogP contribution is 2.28. The number of hydrogen-bond donors (Lipinski definition) is 1. The highest BCUT2D eigenvalue weighted by Gasteiger charge is 2.18. The minimum Gasteiger partial charge on any atom is -0.459 e. The molecule has 0 heterocycles. The van der Waals surface area contributed by atoms with Crippen LogP contribution in [0, 0.1) is 0 Å². The van der Waals surface area contributed by atoms with Gasteiger partial charge < -0.3 is 10.1 Å². The molecule has 0 spiro atoms. The van der Waals surface area contributed by atoms with Crippen LogP contribution >= 0.6 is 0 Å². The van der Waals surface area contributed by atoms with Crippen LogP contribution in [0.2, 0.25) is 0 Å². The maximum Gasteiger partial charge on any atom is 0.338 e. The highest BCUT2D eigenvalue weighted by molar-refractivity contribution is 5.93. The first-order valence-corrected chi connectivity index (χ1v) is 9.73. The van der Waals surface area contributed by atoms with Crippen LogP contribution in [0.5, 0.6) is 0 Å². The zero-order valence-corrected chi connectivity index (χ0v) is 16.7. The average Bonchev–Trinajstić information content (AvgIpc) is 2.73. The van der Waals surface area contributed by atoms with E-state index in [9.17, 15) is 9.59 Å². The Bertz CT molecular complexity index is 895. The molecule has 0 aliphatic rings. The van der Waals surface area contributed by atoms with Crippen LogP contribution in [-0.2, 0) is 9.53 Å². The Kier molecular flexibility index (Phi) is 6.80. The van der Waals surface area contributed by atoms with Gasteiger partial charge >= 0.3 is 5.97 Å². The summed E-state index contributed by atoms with van der Waals surface area (Å²) >= 11 is 0. The second kappa shape index (κ2) is 9.69. The lowest BCUT2D eigenvalue weighted by atomic mass is 9.88. The van der Waals surface area contributed by atoms with E-state index < -0.39 is 0 Å². The topological polar surface area (TPSA) is 55.4 Å². The van der Waals surface area contributed by atoms with Crippen LogP contribution in [0.15, 0.2) is 84.9 Å². The van der Waals surface area contributed by atoms with Gasteiger partial charge in [0.1, 0.15) is 0 Å². The number of hydrogen-bond acceptors (Lipinski definition) is 3. The molecule has 1 N–H and O–H groups in total. The lowest BCUT2D eigenvalue weighted by Crippen LogP contribution is -2.17. The summed E-state index contributed by atoms with van der Waals surface area (Å²) < 4.78 is 5.18. The molecular weight excluding hydrogens is 362 g/mol. The van der Waals surface area contributed by atoms with Crippen LogP contribution in [0.3, 0.4) is 0 Å². The van der Waals surface area contributed by atoms with Gasteiger partial charge in [0.15, 0.2) is 0 Å². The van der Waals surface area contributed by atoms with Crippen molar-refractivity contribution < 1.29 is 14.3 Å². The summed E-state index contributed by atoms with van der Waals surface area (Å²) in [6.45, 7) is 3.62. The van der Waals surface area contributed by atoms with Gasteiger partial charge in [0.25, 0.3) is 0 Å². The van der Waals surface area contributed by atoms with Crippen molar-refractivity contribution in [3.8, 4) is 0 Å². The Hall–Kier alpha value is -3.40. The fourth-order valence-electron chi connectivity index (χ4n) is 3.17. The minimum atomic E-state index is -0.369. The van der Waals surface area contributed by atoms with E-state index in [4.69, 9.17) is 4.74 Å². The Labute approximate surface area is 171 Å². The zero-order valence-electron chi connectivity index (χ0n) is 16.7. The smallest absolute Gasteiger partial charge is 0.338 e. The number of carbonyl (C=O) groups is 2. The van der Waals surface area contributed by atoms with E-state index in [1.807, 2.05) is 74.5 Å². The van der Waals surface area contributed by atoms with Gasteiger partial charge in [-0.25, -0.2) is 4.79 Å². The molecule has 0 atom stereocenters. The SMILES string of the molecule is CC(C)OC(=O)c1ccc(NC(=O)CC(c2ccccc2)c2ccccc2)cc1. The molecule has 1 amide bonds. The average molecular weight is 387 g/mol. The van der Waals surface area contributed by atoms with Crippen LogP contribution in [0.4, 0.5) is 5.69 Å². The Morgan fingerprint density at radius 1 is 0.793 bits per heavy atom. The van der Waals surface area contributed by atoms with E-state index in [0.29, 0.717) is 17.7 Å². The van der Waals surface area contributed by atoms with Gasteiger partial charge in [-0.2, -0.15) is 0 Å². The van der Waals surface area contributed by atoms with Crippen molar-refractivity contribution in [3.63, 3.8) is 0 Å². The Balaban J connectivity index is 1.70. The third-order valence-corrected chi connectivity index (χ3v) is 4.54. The molecule has 0 aromatic heterocycles. The number of anilines is 1. The number of carbonyl (C=O) groups excluding carboxylic acids is 2. The van der Waals surface area contributed by atoms with E-state index in [-0.39, 0.29) is 23.9 Å². The van der Waals surface area contributed by atoms with Crippen molar-refractivity contribution in [2.75, 3.05) is 5.32 Å². The molecule has 3 rings (SSSR count). The molecule has 0 saturated heterocycles. The summed E-state index contributed by atoms with van der Waals surface area (Å²) in [7, 11) is 0. The lowest BCUT2D eigenvalue weighted by Gasteiger charge is -2.18. The molecule has 0 bridgehead atoms. The molecule has 0 unspecified atom stereocenters. The van der Waals surface area contributed by atoms with Crippen molar-refractivity contribution in [1.29, 1.82) is 0 Å². The first kappa shape index (κ1) is 20.3. The van der Waals surface area contributed by atoms with Gasteiger partial charge in [0.05, 0.1) is 11.7 Å². The maximum atomic E-state index is 12.7. The van der Waals surface area contributed by atoms with Crippen molar-refractivity contribution >= 4 is 17.6 Å². The number of ether oxygens (including phenoxy) is 1. The van der Waals surface area contributed by atoms with Gasteiger partial charge in [-0.15, -0.1) is 0 Å². The second-order valence-electron chi connectivity index (χ2n) is 7.16. The fraction of sp³-hybridized carbons (Fsp3) is 0.200. The third-order valence-electron chi connectivity index (χ3n) is 4.54. The standard InChI is InChI=1S/C25H25NO3/c1-18(2)29-25(28)21-13-15-22(16-14-21)26-24(27)17-23(19-9-5-3-6-10-19)20-11-7-4-8-12-20/h3-16,18,23H,17H2,1-2H3,(H,26,27). The number of amides is 1. The molecule has 148 valence electrons. The molecule has 0 aliphatic heterocycles. The summed E-state index contributed by atoms with van der Waals surface area (Å²) in [5.41, 5.74) is 3.31. The van der Waals surface area contributed by atoms with Crippen LogP contribution in [0.25, 0.3) is 0 Å². The number of benzene rings is 3. The predicted molar refractivity (Wildman–Crippen MR) is 115 cm³/mol. The summed E-state index contributed by atoms with van der Waals surface area (Å²) in [5.74, 6) is -0.482. The molecule has 29 heavy (non-hydrogen) atoms. The maximum absolute atomic E-state index is 12.7. The first-order chi connectivity index (χ1) is 14.0. The van der Waals surface area contributed by atoms with Crippen molar-refractivity contribution in [1.82, 2.24) is 0 Å². The third kappa shape index (κ3) is 5.79. The molecule has 0 radical (unpaired) electrons. The Morgan fingerprint density at radius 3 is 1.79 bits per heavy atom. The molecule has 4 heteroatoms. The number of esters is 1. The molecule has 0 saturated carbocycles. The highest BCUT2D eigenvalue weighted by atomic mass is 16.5. The molecule has 0 aliphatic carbocycles.